The van der Waals surface area contributed by atoms with Gasteiger partial charge in [-0.2, -0.15) is 5.10 Å². The van der Waals surface area contributed by atoms with Gasteiger partial charge in [0.1, 0.15) is 12.4 Å². The number of ether oxygens (including phenoxy) is 1. The van der Waals surface area contributed by atoms with E-state index in [9.17, 15) is 4.79 Å². The fraction of sp³-hybridized carbons (Fsp3) is 0.0909. The summed E-state index contributed by atoms with van der Waals surface area (Å²) in [6.45, 7) is 0.571. The van der Waals surface area contributed by atoms with Crippen molar-refractivity contribution in [1.29, 1.82) is 0 Å². The molecule has 3 aromatic carbocycles. The fourth-order valence-corrected chi connectivity index (χ4v) is 3.33. The molecule has 0 aliphatic rings. The fourth-order valence-electron chi connectivity index (χ4n) is 2.42. The third-order valence-electron chi connectivity index (χ3n) is 3.96. The van der Waals surface area contributed by atoms with Crippen molar-refractivity contribution in [3.63, 3.8) is 0 Å². The van der Waals surface area contributed by atoms with E-state index in [1.807, 2.05) is 42.5 Å². The van der Waals surface area contributed by atoms with Crippen molar-refractivity contribution in [3.8, 4) is 5.75 Å². The Bertz CT molecular complexity index is 1030. The van der Waals surface area contributed by atoms with E-state index in [4.69, 9.17) is 16.3 Å². The molecule has 3 aromatic rings. The molecule has 5 nitrogen and oxygen atoms in total. The molecule has 0 atom stereocenters. The number of hydrogen-bond acceptors (Lipinski definition) is 4. The monoisotopic (exact) mass is 549 g/mol. The van der Waals surface area contributed by atoms with Gasteiger partial charge in [-0.05, 0) is 81.7 Å². The van der Waals surface area contributed by atoms with Crippen molar-refractivity contribution in [2.45, 2.75) is 6.61 Å². The SMILES string of the molecule is O=C(CNc1ccc(Cl)cc1)N/N=C\c1ccc(OCc2ccc(Br)cc2)c(Br)c1. The van der Waals surface area contributed by atoms with Crippen molar-refractivity contribution in [2.24, 2.45) is 5.10 Å². The molecule has 0 heterocycles. The zero-order valence-corrected chi connectivity index (χ0v) is 19.7. The smallest absolute Gasteiger partial charge is 0.259 e. The number of nitrogens with one attached hydrogen (secondary N) is 2. The van der Waals surface area contributed by atoms with Gasteiger partial charge < -0.3 is 10.1 Å². The molecule has 0 aromatic heterocycles. The number of hydrazone groups is 1. The van der Waals surface area contributed by atoms with Crippen molar-refractivity contribution >= 4 is 61.3 Å². The van der Waals surface area contributed by atoms with Gasteiger partial charge in [0.05, 0.1) is 17.2 Å². The summed E-state index contributed by atoms with van der Waals surface area (Å²) in [7, 11) is 0. The topological polar surface area (TPSA) is 62.7 Å². The largest absolute Gasteiger partial charge is 0.488 e. The summed E-state index contributed by atoms with van der Waals surface area (Å²) in [4.78, 5) is 11.9. The Morgan fingerprint density at radius 1 is 1.03 bits per heavy atom. The first-order valence-corrected chi connectivity index (χ1v) is 10.9. The van der Waals surface area contributed by atoms with Crippen molar-refractivity contribution in [3.05, 3.63) is 91.8 Å². The molecule has 0 unspecified atom stereocenters. The maximum Gasteiger partial charge on any atom is 0.259 e. The second-order valence-electron chi connectivity index (χ2n) is 6.26. The van der Waals surface area contributed by atoms with Gasteiger partial charge in [-0.3, -0.25) is 4.79 Å². The molecule has 0 saturated carbocycles. The number of carbonyl (C=O) groups is 1. The molecule has 3 rings (SSSR count). The molecule has 0 bridgehead atoms. The van der Waals surface area contributed by atoms with Gasteiger partial charge in [-0.15, -0.1) is 0 Å². The van der Waals surface area contributed by atoms with Crippen LogP contribution in [-0.2, 0) is 11.4 Å². The Morgan fingerprint density at radius 3 is 2.47 bits per heavy atom. The molecule has 0 aliphatic heterocycles. The van der Waals surface area contributed by atoms with Gasteiger partial charge >= 0.3 is 0 Å². The molecule has 0 spiro atoms. The maximum absolute atomic E-state index is 11.9. The molecule has 30 heavy (non-hydrogen) atoms. The van der Waals surface area contributed by atoms with Gasteiger partial charge in [-0.25, -0.2) is 5.43 Å². The van der Waals surface area contributed by atoms with Crippen LogP contribution in [-0.4, -0.2) is 18.7 Å². The summed E-state index contributed by atoms with van der Waals surface area (Å²) in [6.07, 6.45) is 1.57. The summed E-state index contributed by atoms with van der Waals surface area (Å²) in [5, 5.41) is 7.63. The Labute approximate surface area is 196 Å². The van der Waals surface area contributed by atoms with Crippen molar-refractivity contribution < 1.29 is 9.53 Å². The number of anilines is 1. The maximum atomic E-state index is 11.9. The molecule has 154 valence electrons. The van der Waals surface area contributed by atoms with Crippen LogP contribution in [0.3, 0.4) is 0 Å². The first-order chi connectivity index (χ1) is 14.5. The highest BCUT2D eigenvalue weighted by Crippen LogP contribution is 2.26. The number of benzene rings is 3. The highest BCUT2D eigenvalue weighted by Gasteiger charge is 2.04. The lowest BCUT2D eigenvalue weighted by Crippen LogP contribution is -2.25. The Hall–Kier alpha value is -2.35. The molecule has 2 N–H and O–H groups in total. The number of amides is 1. The van der Waals surface area contributed by atoms with E-state index in [0.717, 1.165) is 31.5 Å². The zero-order chi connectivity index (χ0) is 21.3. The van der Waals surface area contributed by atoms with Gasteiger partial charge in [0, 0.05) is 15.2 Å². The molecule has 0 fully saturated rings. The lowest BCUT2D eigenvalue weighted by molar-refractivity contribution is -0.119. The minimum atomic E-state index is -0.255. The Kier molecular flexibility index (Phi) is 8.30. The van der Waals surface area contributed by atoms with E-state index in [1.165, 1.54) is 0 Å². The third-order valence-corrected chi connectivity index (χ3v) is 5.36. The molecule has 8 heteroatoms. The second-order valence-corrected chi connectivity index (χ2v) is 8.47. The van der Waals surface area contributed by atoms with Gasteiger partial charge in [-0.1, -0.05) is 39.7 Å². The average molecular weight is 552 g/mol. The van der Waals surface area contributed by atoms with Crippen LogP contribution >= 0.6 is 43.5 Å². The lowest BCUT2D eigenvalue weighted by atomic mass is 10.2. The summed E-state index contributed by atoms with van der Waals surface area (Å²) >= 11 is 12.8. The first-order valence-electron chi connectivity index (χ1n) is 8.98. The highest BCUT2D eigenvalue weighted by molar-refractivity contribution is 9.10. The van der Waals surface area contributed by atoms with Gasteiger partial charge in [0.25, 0.3) is 5.91 Å². The van der Waals surface area contributed by atoms with E-state index >= 15 is 0 Å². The van der Waals surface area contributed by atoms with Crippen LogP contribution in [0.4, 0.5) is 5.69 Å². The van der Waals surface area contributed by atoms with E-state index in [0.29, 0.717) is 11.6 Å². The molecule has 1 amide bonds. The van der Waals surface area contributed by atoms with E-state index in [1.54, 1.807) is 30.5 Å². The van der Waals surface area contributed by atoms with E-state index in [2.05, 4.69) is 47.7 Å². The van der Waals surface area contributed by atoms with Crippen LogP contribution in [0.15, 0.2) is 80.8 Å². The third kappa shape index (κ3) is 7.16. The number of halogens is 3. The standard InChI is InChI=1S/C22H18Br2ClN3O2/c23-17-4-1-15(2-5-17)14-30-21-10-3-16(11-20(21)24)12-27-28-22(29)13-26-19-8-6-18(25)7-9-19/h1-12,26H,13-14H2,(H,28,29)/b27-12-. The molecule has 0 radical (unpaired) electrons. The summed E-state index contributed by atoms with van der Waals surface area (Å²) < 4.78 is 7.69. The average Bonchev–Trinajstić information content (AvgIpc) is 2.74. The van der Waals surface area contributed by atoms with Gasteiger partial charge in [0.15, 0.2) is 0 Å². The predicted octanol–water partition coefficient (Wildman–Crippen LogP) is 6.01. The minimum Gasteiger partial charge on any atom is -0.488 e. The summed E-state index contributed by atoms with van der Waals surface area (Å²) in [6, 6.07) is 20.7. The van der Waals surface area contributed by atoms with E-state index < -0.39 is 0 Å². The molecular formula is C22H18Br2ClN3O2. The Balaban J connectivity index is 1.47. The van der Waals surface area contributed by atoms with Crippen molar-refractivity contribution in [2.75, 3.05) is 11.9 Å². The normalized spacial score (nSPS) is 10.8. The van der Waals surface area contributed by atoms with Crippen LogP contribution in [0.2, 0.25) is 5.02 Å². The zero-order valence-electron chi connectivity index (χ0n) is 15.7. The van der Waals surface area contributed by atoms with Crippen LogP contribution in [0, 0.1) is 0 Å². The van der Waals surface area contributed by atoms with E-state index in [-0.39, 0.29) is 12.5 Å². The number of nitrogens with zero attached hydrogens (tertiary/aromatic N) is 1. The quantitative estimate of drug-likeness (QED) is 0.266. The summed E-state index contributed by atoms with van der Waals surface area (Å²) in [5.74, 6) is 0.473. The van der Waals surface area contributed by atoms with Crippen LogP contribution in [0.1, 0.15) is 11.1 Å². The number of rotatable bonds is 8. The molecule has 0 saturated heterocycles. The minimum absolute atomic E-state index is 0.103. The van der Waals surface area contributed by atoms with Crippen LogP contribution < -0.4 is 15.5 Å². The first kappa shape index (κ1) is 22.3. The number of carbonyl (C=O) groups excluding carboxylic acids is 1. The molecule has 0 aliphatic carbocycles. The van der Waals surface area contributed by atoms with Gasteiger partial charge in [0.2, 0.25) is 0 Å². The molecular weight excluding hydrogens is 534 g/mol. The summed E-state index contributed by atoms with van der Waals surface area (Å²) in [5.41, 5.74) is 5.19. The lowest BCUT2D eigenvalue weighted by Gasteiger charge is -2.09. The Morgan fingerprint density at radius 2 is 1.77 bits per heavy atom. The second kappa shape index (κ2) is 11.2. The predicted molar refractivity (Wildman–Crippen MR) is 128 cm³/mol. The highest BCUT2D eigenvalue weighted by atomic mass is 79.9. The number of hydrogen-bond donors (Lipinski definition) is 2. The van der Waals surface area contributed by atoms with Crippen molar-refractivity contribution in [1.82, 2.24) is 5.43 Å². The van der Waals surface area contributed by atoms with Crippen LogP contribution in [0.5, 0.6) is 5.75 Å². The van der Waals surface area contributed by atoms with Crippen LogP contribution in [0.25, 0.3) is 0 Å².